The number of fused-ring (bicyclic) bond motifs is 1. The van der Waals surface area contributed by atoms with Crippen molar-refractivity contribution in [3.63, 3.8) is 0 Å². The molecule has 1 spiro atoms. The number of anilines is 3. The van der Waals surface area contributed by atoms with Crippen LogP contribution in [0.5, 0.6) is 0 Å². The standard InChI is InChI=1S/C18H16ClFN6/c19-11-1-2-12(20)14(7-11)24-17-16-13(21-10-22-17)3-4-15(25-16)26-8-18(9-26)5-6-23-18/h1-4,7,10,23H,5-6,8-9H2,(H,21,22,24). The molecular weight excluding hydrogens is 355 g/mol. The van der Waals surface area contributed by atoms with Gasteiger partial charge in [-0.2, -0.15) is 0 Å². The first-order valence-corrected chi connectivity index (χ1v) is 8.84. The summed E-state index contributed by atoms with van der Waals surface area (Å²) in [5.74, 6) is 0.925. The van der Waals surface area contributed by atoms with Crippen molar-refractivity contribution in [2.75, 3.05) is 29.9 Å². The van der Waals surface area contributed by atoms with Gasteiger partial charge in [0, 0.05) is 18.1 Å². The molecule has 0 saturated carbocycles. The normalized spacial score (nSPS) is 17.8. The van der Waals surface area contributed by atoms with Crippen LogP contribution in [0.2, 0.25) is 5.02 Å². The van der Waals surface area contributed by atoms with Crippen LogP contribution < -0.4 is 15.5 Å². The van der Waals surface area contributed by atoms with Crippen molar-refractivity contribution in [1.29, 1.82) is 0 Å². The van der Waals surface area contributed by atoms with Crippen LogP contribution in [-0.2, 0) is 0 Å². The fraction of sp³-hybridized carbons (Fsp3) is 0.278. The van der Waals surface area contributed by atoms with Crippen LogP contribution in [0.1, 0.15) is 6.42 Å². The first kappa shape index (κ1) is 15.7. The fourth-order valence-electron chi connectivity index (χ4n) is 3.51. The van der Waals surface area contributed by atoms with E-state index >= 15 is 0 Å². The summed E-state index contributed by atoms with van der Waals surface area (Å²) < 4.78 is 14.1. The predicted molar refractivity (Wildman–Crippen MR) is 99.6 cm³/mol. The zero-order valence-corrected chi connectivity index (χ0v) is 14.6. The number of benzene rings is 1. The molecule has 0 aliphatic carbocycles. The molecule has 0 amide bonds. The van der Waals surface area contributed by atoms with Gasteiger partial charge < -0.3 is 15.5 Å². The van der Waals surface area contributed by atoms with Gasteiger partial charge in [-0.1, -0.05) is 11.6 Å². The van der Waals surface area contributed by atoms with E-state index in [9.17, 15) is 4.39 Å². The van der Waals surface area contributed by atoms with E-state index in [2.05, 4.69) is 25.5 Å². The highest BCUT2D eigenvalue weighted by Gasteiger charge is 2.47. The molecule has 2 N–H and O–H groups in total. The van der Waals surface area contributed by atoms with E-state index in [4.69, 9.17) is 16.6 Å². The molecule has 132 valence electrons. The molecule has 4 heterocycles. The summed E-state index contributed by atoms with van der Waals surface area (Å²) in [6.07, 6.45) is 2.65. The fourth-order valence-corrected chi connectivity index (χ4v) is 3.69. The summed E-state index contributed by atoms with van der Waals surface area (Å²) in [5, 5.41) is 6.93. The lowest BCUT2D eigenvalue weighted by Crippen LogP contribution is -2.76. The van der Waals surface area contributed by atoms with Crippen molar-refractivity contribution < 1.29 is 4.39 Å². The van der Waals surface area contributed by atoms with Crippen molar-refractivity contribution in [2.24, 2.45) is 0 Å². The highest BCUT2D eigenvalue weighted by molar-refractivity contribution is 6.30. The zero-order chi connectivity index (χ0) is 17.7. The Balaban J connectivity index is 1.49. The molecule has 1 aromatic carbocycles. The van der Waals surface area contributed by atoms with Crippen molar-refractivity contribution in [1.82, 2.24) is 20.3 Å². The van der Waals surface area contributed by atoms with Crippen molar-refractivity contribution >= 4 is 40.0 Å². The van der Waals surface area contributed by atoms with Gasteiger partial charge in [0.2, 0.25) is 0 Å². The molecule has 3 aromatic rings. The maximum absolute atomic E-state index is 14.1. The molecule has 5 rings (SSSR count). The van der Waals surface area contributed by atoms with E-state index in [0.29, 0.717) is 21.9 Å². The molecule has 6 nitrogen and oxygen atoms in total. The number of nitrogens with one attached hydrogen (secondary N) is 2. The SMILES string of the molecule is Fc1ccc(Cl)cc1Nc1ncnc2ccc(N3CC4(CCN4)C3)nc12. The molecule has 2 fully saturated rings. The van der Waals surface area contributed by atoms with Gasteiger partial charge in [0.25, 0.3) is 0 Å². The minimum atomic E-state index is -0.405. The van der Waals surface area contributed by atoms with E-state index in [-0.39, 0.29) is 11.2 Å². The number of pyridine rings is 1. The van der Waals surface area contributed by atoms with Gasteiger partial charge in [0.15, 0.2) is 5.82 Å². The lowest BCUT2D eigenvalue weighted by atomic mass is 9.80. The molecular formula is C18H16ClFN6. The second-order valence-electron chi connectivity index (χ2n) is 6.82. The Labute approximate surface area is 154 Å². The number of halogens is 2. The van der Waals surface area contributed by atoms with Crippen LogP contribution in [0.15, 0.2) is 36.7 Å². The maximum Gasteiger partial charge on any atom is 0.160 e. The number of hydrogen-bond donors (Lipinski definition) is 2. The Hall–Kier alpha value is -2.51. The Bertz CT molecular complexity index is 998. The average molecular weight is 371 g/mol. The monoisotopic (exact) mass is 370 g/mol. The lowest BCUT2D eigenvalue weighted by molar-refractivity contribution is 0.159. The van der Waals surface area contributed by atoms with E-state index in [0.717, 1.165) is 25.5 Å². The highest BCUT2D eigenvalue weighted by Crippen LogP contribution is 2.34. The van der Waals surface area contributed by atoms with Crippen molar-refractivity contribution in [3.05, 3.63) is 47.5 Å². The smallest absolute Gasteiger partial charge is 0.160 e. The molecule has 2 saturated heterocycles. The third-order valence-electron chi connectivity index (χ3n) is 5.06. The van der Waals surface area contributed by atoms with Crippen LogP contribution in [0.3, 0.4) is 0 Å². The summed E-state index contributed by atoms with van der Waals surface area (Å²) >= 11 is 5.97. The largest absolute Gasteiger partial charge is 0.353 e. The van der Waals surface area contributed by atoms with Crippen LogP contribution in [0.25, 0.3) is 11.0 Å². The summed E-state index contributed by atoms with van der Waals surface area (Å²) in [7, 11) is 0. The van der Waals surface area contributed by atoms with Crippen molar-refractivity contribution in [3.8, 4) is 0 Å². The van der Waals surface area contributed by atoms with Gasteiger partial charge >= 0.3 is 0 Å². The molecule has 2 aliphatic rings. The second-order valence-corrected chi connectivity index (χ2v) is 7.26. The van der Waals surface area contributed by atoms with Gasteiger partial charge in [0.1, 0.15) is 23.5 Å². The van der Waals surface area contributed by atoms with Crippen LogP contribution >= 0.6 is 11.6 Å². The molecule has 2 aliphatic heterocycles. The quantitative estimate of drug-likeness (QED) is 0.738. The maximum atomic E-state index is 14.1. The topological polar surface area (TPSA) is 66.0 Å². The molecule has 26 heavy (non-hydrogen) atoms. The molecule has 0 unspecified atom stereocenters. The van der Waals surface area contributed by atoms with Gasteiger partial charge in [0.05, 0.1) is 16.7 Å². The number of rotatable bonds is 3. The third-order valence-corrected chi connectivity index (χ3v) is 5.30. The summed E-state index contributed by atoms with van der Waals surface area (Å²) in [6, 6.07) is 8.22. The van der Waals surface area contributed by atoms with Crippen LogP contribution in [0, 0.1) is 5.82 Å². The Morgan fingerprint density at radius 2 is 2.04 bits per heavy atom. The summed E-state index contributed by atoms with van der Waals surface area (Å²) in [5.41, 5.74) is 1.83. The summed E-state index contributed by atoms with van der Waals surface area (Å²) in [4.78, 5) is 15.5. The second kappa shape index (κ2) is 5.75. The predicted octanol–water partition coefficient (Wildman–Crippen LogP) is 3.11. The van der Waals surface area contributed by atoms with Gasteiger partial charge in [-0.25, -0.2) is 19.3 Å². The van der Waals surface area contributed by atoms with E-state index in [1.807, 2.05) is 12.1 Å². The molecule has 8 heteroatoms. The molecule has 0 atom stereocenters. The number of nitrogens with zero attached hydrogens (tertiary/aromatic N) is 4. The Kier molecular flexibility index (Phi) is 3.48. The van der Waals surface area contributed by atoms with Gasteiger partial charge in [-0.3, -0.25) is 0 Å². The Morgan fingerprint density at radius 1 is 1.19 bits per heavy atom. The van der Waals surface area contributed by atoms with Crippen LogP contribution in [0.4, 0.5) is 21.7 Å². The molecule has 0 bridgehead atoms. The molecule has 0 radical (unpaired) electrons. The third kappa shape index (κ3) is 2.55. The number of aromatic nitrogens is 3. The van der Waals surface area contributed by atoms with E-state index in [1.54, 1.807) is 0 Å². The minimum Gasteiger partial charge on any atom is -0.353 e. The first-order chi connectivity index (χ1) is 12.6. The highest BCUT2D eigenvalue weighted by atomic mass is 35.5. The van der Waals surface area contributed by atoms with E-state index < -0.39 is 5.82 Å². The van der Waals surface area contributed by atoms with Crippen LogP contribution in [-0.4, -0.2) is 40.1 Å². The first-order valence-electron chi connectivity index (χ1n) is 8.46. The van der Waals surface area contributed by atoms with Crippen molar-refractivity contribution in [2.45, 2.75) is 12.0 Å². The zero-order valence-electron chi connectivity index (χ0n) is 13.8. The average Bonchev–Trinajstić information content (AvgIpc) is 2.56. The summed E-state index contributed by atoms with van der Waals surface area (Å²) in [6.45, 7) is 2.99. The van der Waals surface area contributed by atoms with Gasteiger partial charge in [-0.15, -0.1) is 0 Å². The Morgan fingerprint density at radius 3 is 2.81 bits per heavy atom. The van der Waals surface area contributed by atoms with E-state index in [1.165, 1.54) is 30.9 Å². The lowest BCUT2D eigenvalue weighted by Gasteiger charge is -2.56. The number of hydrogen-bond acceptors (Lipinski definition) is 6. The minimum absolute atomic E-state index is 0.256. The van der Waals surface area contributed by atoms with Gasteiger partial charge in [-0.05, 0) is 43.3 Å². The molecule has 2 aromatic heterocycles.